The van der Waals surface area contributed by atoms with Gasteiger partial charge in [0.15, 0.2) is 17.6 Å². The van der Waals surface area contributed by atoms with E-state index in [9.17, 15) is 4.79 Å². The normalized spacial score (nSPS) is 11.4. The van der Waals surface area contributed by atoms with E-state index in [1.807, 2.05) is 49.4 Å². The second-order valence-corrected chi connectivity index (χ2v) is 6.46. The minimum absolute atomic E-state index is 0.216. The van der Waals surface area contributed by atoms with E-state index in [0.29, 0.717) is 29.4 Å². The van der Waals surface area contributed by atoms with Crippen molar-refractivity contribution in [3.8, 4) is 28.4 Å². The Morgan fingerprint density at radius 3 is 2.14 bits per heavy atom. The van der Waals surface area contributed by atoms with Crippen molar-refractivity contribution in [2.75, 3.05) is 19.5 Å². The highest BCUT2D eigenvalue weighted by molar-refractivity contribution is 5.94. The van der Waals surface area contributed by atoms with Crippen LogP contribution < -0.4 is 19.5 Å². The van der Waals surface area contributed by atoms with E-state index >= 15 is 0 Å². The number of hydrogen-bond donors (Lipinski definition) is 1. The first kappa shape index (κ1) is 20.3. The van der Waals surface area contributed by atoms with E-state index in [1.54, 1.807) is 32.4 Å². The van der Waals surface area contributed by atoms with Crippen LogP contribution in [0.5, 0.6) is 17.2 Å². The van der Waals surface area contributed by atoms with Gasteiger partial charge in [-0.1, -0.05) is 49.4 Å². The summed E-state index contributed by atoms with van der Waals surface area (Å²) < 4.78 is 16.4. The number of carbonyl (C=O) groups is 1. The average molecular weight is 391 g/mol. The van der Waals surface area contributed by atoms with Gasteiger partial charge in [-0.05, 0) is 41.8 Å². The molecule has 0 saturated heterocycles. The smallest absolute Gasteiger partial charge is 0.265 e. The summed E-state index contributed by atoms with van der Waals surface area (Å²) in [6, 6.07) is 23.1. The Balaban J connectivity index is 1.67. The second-order valence-electron chi connectivity index (χ2n) is 6.46. The molecule has 0 aliphatic carbocycles. The van der Waals surface area contributed by atoms with Gasteiger partial charge in [-0.15, -0.1) is 0 Å². The van der Waals surface area contributed by atoms with Crippen molar-refractivity contribution in [1.82, 2.24) is 0 Å². The fourth-order valence-electron chi connectivity index (χ4n) is 2.98. The minimum Gasteiger partial charge on any atom is -0.493 e. The zero-order valence-corrected chi connectivity index (χ0v) is 16.8. The quantitative estimate of drug-likeness (QED) is 0.576. The fraction of sp³-hybridized carbons (Fsp3) is 0.208. The molecule has 0 saturated carbocycles. The highest BCUT2D eigenvalue weighted by Crippen LogP contribution is 2.30. The number of ether oxygens (including phenoxy) is 3. The number of rotatable bonds is 8. The van der Waals surface area contributed by atoms with Gasteiger partial charge in [0.2, 0.25) is 0 Å². The lowest BCUT2D eigenvalue weighted by Gasteiger charge is -2.18. The molecule has 0 aromatic heterocycles. The molecule has 0 bridgehead atoms. The minimum atomic E-state index is -0.606. The number of hydrogen-bond acceptors (Lipinski definition) is 4. The first-order chi connectivity index (χ1) is 14.1. The number of nitrogens with one attached hydrogen (secondary N) is 1. The summed E-state index contributed by atoms with van der Waals surface area (Å²) in [5.41, 5.74) is 2.85. The maximum Gasteiger partial charge on any atom is 0.265 e. The summed E-state index contributed by atoms with van der Waals surface area (Å²) in [5.74, 6) is 1.59. The Hall–Kier alpha value is -3.47. The third kappa shape index (κ3) is 5.08. The van der Waals surface area contributed by atoms with Gasteiger partial charge in [-0.25, -0.2) is 0 Å². The van der Waals surface area contributed by atoms with Crippen LogP contribution in [0.15, 0.2) is 72.8 Å². The summed E-state index contributed by atoms with van der Waals surface area (Å²) in [6.07, 6.45) is -0.0646. The van der Waals surface area contributed by atoms with Crippen LogP contribution >= 0.6 is 0 Å². The first-order valence-corrected chi connectivity index (χ1v) is 9.49. The summed E-state index contributed by atoms with van der Waals surface area (Å²) in [6.45, 7) is 1.91. The number of carbonyl (C=O) groups excluding carboxylic acids is 1. The van der Waals surface area contributed by atoms with Crippen LogP contribution in [0, 0.1) is 0 Å². The average Bonchev–Trinajstić information content (AvgIpc) is 2.78. The predicted molar refractivity (Wildman–Crippen MR) is 115 cm³/mol. The first-order valence-electron chi connectivity index (χ1n) is 9.49. The van der Waals surface area contributed by atoms with E-state index in [-0.39, 0.29) is 5.91 Å². The summed E-state index contributed by atoms with van der Waals surface area (Å²) in [5, 5.41) is 2.88. The second kappa shape index (κ2) is 9.64. The van der Waals surface area contributed by atoms with E-state index in [0.717, 1.165) is 11.1 Å². The maximum absolute atomic E-state index is 12.7. The molecule has 5 heteroatoms. The number of anilines is 1. The predicted octanol–water partition coefficient (Wildman–Crippen LogP) is 5.17. The third-order valence-corrected chi connectivity index (χ3v) is 4.55. The van der Waals surface area contributed by atoms with Gasteiger partial charge in [0, 0.05) is 11.8 Å². The maximum atomic E-state index is 12.7. The van der Waals surface area contributed by atoms with Crippen molar-refractivity contribution < 1.29 is 19.0 Å². The Bertz CT molecular complexity index is 939. The fourth-order valence-corrected chi connectivity index (χ4v) is 2.98. The number of methoxy groups -OCH3 is 2. The van der Waals surface area contributed by atoms with E-state index in [4.69, 9.17) is 14.2 Å². The molecule has 3 rings (SSSR count). The zero-order chi connectivity index (χ0) is 20.6. The van der Waals surface area contributed by atoms with Gasteiger partial charge in [0.1, 0.15) is 5.75 Å². The molecule has 0 radical (unpaired) electrons. The monoisotopic (exact) mass is 391 g/mol. The molecule has 29 heavy (non-hydrogen) atoms. The van der Waals surface area contributed by atoms with Crippen LogP contribution in [-0.2, 0) is 4.79 Å². The zero-order valence-electron chi connectivity index (χ0n) is 16.8. The Morgan fingerprint density at radius 2 is 1.52 bits per heavy atom. The van der Waals surface area contributed by atoms with Crippen LogP contribution in [0.3, 0.4) is 0 Å². The Morgan fingerprint density at radius 1 is 0.862 bits per heavy atom. The molecular formula is C24H25NO4. The molecule has 0 spiro atoms. The van der Waals surface area contributed by atoms with Crippen LogP contribution in [0.2, 0.25) is 0 Å². The third-order valence-electron chi connectivity index (χ3n) is 4.55. The summed E-state index contributed by atoms with van der Waals surface area (Å²) in [4.78, 5) is 12.7. The van der Waals surface area contributed by atoms with Crippen molar-refractivity contribution in [3.63, 3.8) is 0 Å². The van der Waals surface area contributed by atoms with Gasteiger partial charge in [-0.2, -0.15) is 0 Å². The van der Waals surface area contributed by atoms with Gasteiger partial charge in [0.25, 0.3) is 5.91 Å². The molecule has 0 aliphatic heterocycles. The lowest BCUT2D eigenvalue weighted by atomic mass is 10.1. The largest absolute Gasteiger partial charge is 0.493 e. The molecule has 1 unspecified atom stereocenters. The molecule has 0 heterocycles. The topological polar surface area (TPSA) is 56.8 Å². The standard InChI is InChI=1S/C24H25NO4/c1-4-21(24(26)25-19-12-15-22(27-2)23(16-19)28-3)29-20-13-10-18(11-14-20)17-8-6-5-7-9-17/h5-16,21H,4H2,1-3H3,(H,25,26). The van der Waals surface area contributed by atoms with Crippen LogP contribution in [0.25, 0.3) is 11.1 Å². The highest BCUT2D eigenvalue weighted by atomic mass is 16.5. The van der Waals surface area contributed by atoms with Crippen molar-refractivity contribution in [2.24, 2.45) is 0 Å². The molecule has 0 fully saturated rings. The van der Waals surface area contributed by atoms with Gasteiger partial charge >= 0.3 is 0 Å². The van der Waals surface area contributed by atoms with E-state index in [2.05, 4.69) is 17.4 Å². The molecular weight excluding hydrogens is 366 g/mol. The number of benzene rings is 3. The highest BCUT2D eigenvalue weighted by Gasteiger charge is 2.19. The Labute approximate surface area is 171 Å². The van der Waals surface area contributed by atoms with Gasteiger partial charge in [0.05, 0.1) is 14.2 Å². The van der Waals surface area contributed by atoms with E-state index in [1.165, 1.54) is 0 Å². The SMILES string of the molecule is CCC(Oc1ccc(-c2ccccc2)cc1)C(=O)Nc1ccc(OC)c(OC)c1. The molecule has 5 nitrogen and oxygen atoms in total. The molecule has 3 aromatic carbocycles. The van der Waals surface area contributed by atoms with E-state index < -0.39 is 6.10 Å². The molecule has 1 amide bonds. The molecule has 0 aliphatic rings. The lowest BCUT2D eigenvalue weighted by molar-refractivity contribution is -0.122. The van der Waals surface area contributed by atoms with Crippen molar-refractivity contribution >= 4 is 11.6 Å². The summed E-state index contributed by atoms with van der Waals surface area (Å²) >= 11 is 0. The van der Waals surface area contributed by atoms with Crippen molar-refractivity contribution in [3.05, 3.63) is 72.8 Å². The van der Waals surface area contributed by atoms with Gasteiger partial charge < -0.3 is 19.5 Å². The van der Waals surface area contributed by atoms with Crippen molar-refractivity contribution in [1.29, 1.82) is 0 Å². The summed E-state index contributed by atoms with van der Waals surface area (Å²) in [7, 11) is 3.13. The molecule has 1 N–H and O–H groups in total. The Kier molecular flexibility index (Phi) is 6.74. The van der Waals surface area contributed by atoms with Crippen LogP contribution in [0.4, 0.5) is 5.69 Å². The van der Waals surface area contributed by atoms with Crippen LogP contribution in [0.1, 0.15) is 13.3 Å². The van der Waals surface area contributed by atoms with Crippen molar-refractivity contribution in [2.45, 2.75) is 19.4 Å². The molecule has 3 aromatic rings. The molecule has 1 atom stereocenters. The van der Waals surface area contributed by atoms with Crippen LogP contribution in [-0.4, -0.2) is 26.2 Å². The molecule has 150 valence electrons. The van der Waals surface area contributed by atoms with Gasteiger partial charge in [-0.3, -0.25) is 4.79 Å². The lowest BCUT2D eigenvalue weighted by Crippen LogP contribution is -2.32. The number of amides is 1.